The monoisotopic (exact) mass is 322 g/mol. The highest BCUT2D eigenvalue weighted by Gasteiger charge is 2.30. The van der Waals surface area contributed by atoms with E-state index < -0.39 is 6.03 Å². The third kappa shape index (κ3) is 2.90. The van der Waals surface area contributed by atoms with Crippen LogP contribution in [0.25, 0.3) is 0 Å². The third-order valence-corrected chi connectivity index (χ3v) is 3.62. The smallest absolute Gasteiger partial charge is 0.329 e. The van der Waals surface area contributed by atoms with E-state index in [2.05, 4.69) is 16.4 Å². The first-order valence-electron chi connectivity index (χ1n) is 7.40. The van der Waals surface area contributed by atoms with Gasteiger partial charge >= 0.3 is 6.03 Å². The Kier molecular flexibility index (Phi) is 4.12. The summed E-state index contributed by atoms with van der Waals surface area (Å²) >= 11 is 0. The minimum absolute atomic E-state index is 0.0118. The van der Waals surface area contributed by atoms with Crippen LogP contribution < -0.4 is 15.0 Å². The number of urea groups is 1. The van der Waals surface area contributed by atoms with Crippen molar-refractivity contribution < 1.29 is 14.3 Å². The molecule has 0 atom stereocenters. The normalized spacial score (nSPS) is 13.6. The number of hydrogen-bond donors (Lipinski definition) is 1. The standard InChI is InChI=1S/C17H14N4O3/c1-2-11-7-14(5-3-12(11)8-18)24-15-6-4-13(9-19-15)21-16(22)10-20-17(21)23/h3-7,9H,2,10H2,1H3,(H,20,23). The highest BCUT2D eigenvalue weighted by atomic mass is 16.5. The molecule has 3 rings (SSSR count). The van der Waals surface area contributed by atoms with E-state index in [9.17, 15) is 9.59 Å². The molecule has 3 amide bonds. The Balaban J connectivity index is 1.79. The lowest BCUT2D eigenvalue weighted by Crippen LogP contribution is -2.30. The maximum Gasteiger partial charge on any atom is 0.329 e. The lowest BCUT2D eigenvalue weighted by atomic mass is 10.1. The summed E-state index contributed by atoms with van der Waals surface area (Å²) in [6, 6.07) is 10.0. The van der Waals surface area contributed by atoms with Gasteiger partial charge in [-0.1, -0.05) is 6.92 Å². The van der Waals surface area contributed by atoms with E-state index in [1.54, 1.807) is 30.3 Å². The van der Waals surface area contributed by atoms with Crippen LogP contribution in [0.5, 0.6) is 11.6 Å². The minimum atomic E-state index is -0.463. The number of anilines is 1. The summed E-state index contributed by atoms with van der Waals surface area (Å²) in [5.41, 5.74) is 1.90. The number of rotatable bonds is 4. The van der Waals surface area contributed by atoms with Crippen LogP contribution in [0, 0.1) is 11.3 Å². The Morgan fingerprint density at radius 2 is 2.17 bits per heavy atom. The lowest BCUT2D eigenvalue weighted by molar-refractivity contribution is -0.115. The Morgan fingerprint density at radius 1 is 1.33 bits per heavy atom. The molecule has 1 N–H and O–H groups in total. The highest BCUT2D eigenvalue weighted by molar-refractivity contribution is 6.19. The fourth-order valence-electron chi connectivity index (χ4n) is 2.40. The summed E-state index contributed by atoms with van der Waals surface area (Å²) in [5.74, 6) is 0.578. The molecule has 0 aliphatic carbocycles. The van der Waals surface area contributed by atoms with Crippen molar-refractivity contribution in [3.63, 3.8) is 0 Å². The van der Waals surface area contributed by atoms with Gasteiger partial charge in [0, 0.05) is 6.07 Å². The van der Waals surface area contributed by atoms with Crippen LogP contribution in [0.4, 0.5) is 10.5 Å². The summed E-state index contributed by atoms with van der Waals surface area (Å²) in [4.78, 5) is 28.4. The van der Waals surface area contributed by atoms with E-state index in [4.69, 9.17) is 10.00 Å². The van der Waals surface area contributed by atoms with Crippen LogP contribution >= 0.6 is 0 Å². The van der Waals surface area contributed by atoms with Gasteiger partial charge in [0.15, 0.2) is 0 Å². The molecule has 1 aromatic heterocycles. The predicted octanol–water partition coefficient (Wildman–Crippen LogP) is 2.36. The van der Waals surface area contributed by atoms with Gasteiger partial charge in [-0.2, -0.15) is 5.26 Å². The number of ether oxygens (including phenoxy) is 1. The van der Waals surface area contributed by atoms with Gasteiger partial charge in [0.2, 0.25) is 5.88 Å². The maximum absolute atomic E-state index is 11.6. The summed E-state index contributed by atoms with van der Waals surface area (Å²) in [7, 11) is 0. The van der Waals surface area contributed by atoms with Crippen molar-refractivity contribution in [2.45, 2.75) is 13.3 Å². The zero-order chi connectivity index (χ0) is 17.1. The van der Waals surface area contributed by atoms with E-state index in [0.29, 0.717) is 22.9 Å². The van der Waals surface area contributed by atoms with Gasteiger partial charge < -0.3 is 10.1 Å². The molecular formula is C17H14N4O3. The topological polar surface area (TPSA) is 95.3 Å². The number of imide groups is 1. The molecular weight excluding hydrogens is 308 g/mol. The van der Waals surface area contributed by atoms with Crippen molar-refractivity contribution in [1.29, 1.82) is 5.26 Å². The number of benzene rings is 1. The first-order chi connectivity index (χ1) is 11.6. The fraction of sp³-hybridized carbons (Fsp3) is 0.176. The van der Waals surface area contributed by atoms with Crippen LogP contribution in [-0.2, 0) is 11.2 Å². The Hall–Kier alpha value is -3.40. The van der Waals surface area contributed by atoms with E-state index in [1.807, 2.05) is 6.92 Å². The average Bonchev–Trinajstić information content (AvgIpc) is 2.94. The summed E-state index contributed by atoms with van der Waals surface area (Å²) in [6.07, 6.45) is 2.13. The van der Waals surface area contributed by atoms with Gasteiger partial charge in [-0.05, 0) is 36.2 Å². The van der Waals surface area contributed by atoms with E-state index in [1.165, 1.54) is 6.20 Å². The van der Waals surface area contributed by atoms with Crippen molar-refractivity contribution in [2.75, 3.05) is 11.4 Å². The Bertz CT molecular complexity index is 824. The molecule has 0 unspecified atom stereocenters. The SMILES string of the molecule is CCc1cc(Oc2ccc(N3C(=O)CNC3=O)cn2)ccc1C#N. The molecule has 0 saturated carbocycles. The van der Waals surface area contributed by atoms with Gasteiger partial charge in [-0.25, -0.2) is 14.7 Å². The van der Waals surface area contributed by atoms with E-state index >= 15 is 0 Å². The van der Waals surface area contributed by atoms with Gasteiger partial charge in [-0.15, -0.1) is 0 Å². The van der Waals surface area contributed by atoms with Crippen LogP contribution in [0.2, 0.25) is 0 Å². The number of hydrogen-bond acceptors (Lipinski definition) is 5. The zero-order valence-corrected chi connectivity index (χ0v) is 12.9. The fourth-order valence-corrected chi connectivity index (χ4v) is 2.40. The quantitative estimate of drug-likeness (QED) is 0.872. The number of aryl methyl sites for hydroxylation is 1. The van der Waals surface area contributed by atoms with Gasteiger partial charge in [0.1, 0.15) is 5.75 Å². The number of amides is 3. The number of nitriles is 1. The first-order valence-corrected chi connectivity index (χ1v) is 7.40. The number of nitrogens with zero attached hydrogens (tertiary/aromatic N) is 3. The Labute approximate surface area is 138 Å². The molecule has 7 heteroatoms. The number of carbonyl (C=O) groups excluding carboxylic acids is 2. The van der Waals surface area contributed by atoms with Crippen LogP contribution in [0.1, 0.15) is 18.1 Å². The molecule has 0 bridgehead atoms. The molecule has 120 valence electrons. The van der Waals surface area contributed by atoms with Gasteiger partial charge in [-0.3, -0.25) is 4.79 Å². The third-order valence-electron chi connectivity index (χ3n) is 3.62. The molecule has 7 nitrogen and oxygen atoms in total. The van der Waals surface area contributed by atoms with Gasteiger partial charge in [0.05, 0.1) is 30.1 Å². The first kappa shape index (κ1) is 15.5. The molecule has 24 heavy (non-hydrogen) atoms. The second-order valence-electron chi connectivity index (χ2n) is 5.13. The maximum atomic E-state index is 11.6. The number of aromatic nitrogens is 1. The second kappa shape index (κ2) is 6.38. The molecule has 0 spiro atoms. The molecule has 0 radical (unpaired) electrons. The summed E-state index contributed by atoms with van der Waals surface area (Å²) < 4.78 is 5.67. The molecule has 1 fully saturated rings. The van der Waals surface area contributed by atoms with Crippen molar-refractivity contribution in [3.05, 3.63) is 47.7 Å². The molecule has 2 heterocycles. The molecule has 1 aromatic carbocycles. The number of carbonyl (C=O) groups is 2. The van der Waals surface area contributed by atoms with Crippen LogP contribution in [0.15, 0.2) is 36.5 Å². The largest absolute Gasteiger partial charge is 0.439 e. The van der Waals surface area contributed by atoms with Crippen molar-refractivity contribution in [3.8, 4) is 17.7 Å². The van der Waals surface area contributed by atoms with Crippen molar-refractivity contribution in [1.82, 2.24) is 10.3 Å². The Morgan fingerprint density at radius 3 is 2.75 bits per heavy atom. The zero-order valence-electron chi connectivity index (χ0n) is 12.9. The van der Waals surface area contributed by atoms with Crippen molar-refractivity contribution in [2.24, 2.45) is 0 Å². The van der Waals surface area contributed by atoms with Crippen molar-refractivity contribution >= 4 is 17.6 Å². The van der Waals surface area contributed by atoms with Gasteiger partial charge in [0.25, 0.3) is 5.91 Å². The summed E-state index contributed by atoms with van der Waals surface area (Å²) in [6.45, 7) is 1.95. The minimum Gasteiger partial charge on any atom is -0.439 e. The average molecular weight is 322 g/mol. The second-order valence-corrected chi connectivity index (χ2v) is 5.13. The molecule has 1 aliphatic heterocycles. The van der Waals surface area contributed by atoms with E-state index in [-0.39, 0.29) is 12.5 Å². The van der Waals surface area contributed by atoms with E-state index in [0.717, 1.165) is 16.9 Å². The predicted molar refractivity (Wildman–Crippen MR) is 85.7 cm³/mol. The highest BCUT2D eigenvalue weighted by Crippen LogP contribution is 2.25. The number of pyridine rings is 1. The van der Waals surface area contributed by atoms with Crippen LogP contribution in [0.3, 0.4) is 0 Å². The summed E-state index contributed by atoms with van der Waals surface area (Å²) in [5, 5.41) is 11.5. The van der Waals surface area contributed by atoms with Crippen LogP contribution in [-0.4, -0.2) is 23.5 Å². The number of nitrogens with one attached hydrogen (secondary N) is 1. The molecule has 2 aromatic rings. The molecule has 1 aliphatic rings. The molecule has 1 saturated heterocycles. The lowest BCUT2D eigenvalue weighted by Gasteiger charge is -2.12.